The predicted molar refractivity (Wildman–Crippen MR) is 46.9 cm³/mol. The van der Waals surface area contributed by atoms with E-state index in [1.165, 1.54) is 0 Å². The minimum Gasteiger partial charge on any atom is -0.478 e. The molecule has 2 nitrogen and oxygen atoms in total. The Kier molecular flexibility index (Phi) is 2.32. The number of hydrogen-bond acceptors (Lipinski definition) is 2. The molecule has 1 aliphatic heterocycles. The number of allylic oxidation sites excluding steroid dienone is 1. The summed E-state index contributed by atoms with van der Waals surface area (Å²) in [6, 6.07) is 0. The minimum absolute atomic E-state index is 0.00306. The van der Waals surface area contributed by atoms with Crippen LogP contribution in [-0.4, -0.2) is 18.0 Å². The van der Waals surface area contributed by atoms with E-state index in [1.54, 1.807) is 0 Å². The van der Waals surface area contributed by atoms with Gasteiger partial charge in [0.15, 0.2) is 5.90 Å². The van der Waals surface area contributed by atoms with Gasteiger partial charge in [0.1, 0.15) is 6.61 Å². The van der Waals surface area contributed by atoms with Gasteiger partial charge in [0.05, 0.1) is 5.54 Å². The Hall–Kier alpha value is -0.790. The van der Waals surface area contributed by atoms with Crippen LogP contribution in [0, 0.1) is 0 Å². The van der Waals surface area contributed by atoms with Crippen molar-refractivity contribution in [3.8, 4) is 0 Å². The van der Waals surface area contributed by atoms with Crippen LogP contribution >= 0.6 is 0 Å². The average Bonchev–Trinajstić information content (AvgIpc) is 2.26. The molecule has 0 aromatic heterocycles. The Balaban J connectivity index is 2.49. The number of hydrogen-bond donors (Lipinski definition) is 0. The first kappa shape index (κ1) is 8.31. The van der Waals surface area contributed by atoms with E-state index in [-0.39, 0.29) is 5.54 Å². The van der Waals surface area contributed by atoms with Gasteiger partial charge in [0.25, 0.3) is 0 Å². The van der Waals surface area contributed by atoms with Crippen molar-refractivity contribution in [3.05, 3.63) is 12.2 Å². The fraction of sp³-hybridized carbons (Fsp3) is 0.667. The molecule has 1 heterocycles. The van der Waals surface area contributed by atoms with Gasteiger partial charge in [-0.05, 0) is 20.8 Å². The van der Waals surface area contributed by atoms with Crippen molar-refractivity contribution >= 4 is 5.90 Å². The van der Waals surface area contributed by atoms with Crippen LogP contribution in [0.4, 0.5) is 0 Å². The Bertz CT molecular complexity index is 192. The van der Waals surface area contributed by atoms with Crippen LogP contribution in [-0.2, 0) is 4.74 Å². The molecule has 0 N–H and O–H groups in total. The minimum atomic E-state index is -0.00306. The van der Waals surface area contributed by atoms with Crippen molar-refractivity contribution in [1.82, 2.24) is 0 Å². The zero-order valence-electron chi connectivity index (χ0n) is 7.42. The van der Waals surface area contributed by atoms with Crippen LogP contribution in [0.2, 0.25) is 0 Å². The summed E-state index contributed by atoms with van der Waals surface area (Å²) in [5, 5.41) is 0. The van der Waals surface area contributed by atoms with Crippen LogP contribution in [0.5, 0.6) is 0 Å². The van der Waals surface area contributed by atoms with Gasteiger partial charge in [-0.15, -0.1) is 0 Å². The van der Waals surface area contributed by atoms with Gasteiger partial charge in [-0.1, -0.05) is 12.2 Å². The smallest absolute Gasteiger partial charge is 0.187 e. The van der Waals surface area contributed by atoms with Gasteiger partial charge in [0.2, 0.25) is 0 Å². The summed E-state index contributed by atoms with van der Waals surface area (Å²) in [6.07, 6.45) is 4.90. The lowest BCUT2D eigenvalue weighted by Crippen LogP contribution is -2.17. The zero-order chi connectivity index (χ0) is 8.32. The van der Waals surface area contributed by atoms with Gasteiger partial charge in [0, 0.05) is 6.42 Å². The molecule has 0 aliphatic carbocycles. The number of nitrogens with zero attached hydrogens (tertiary/aromatic N) is 1. The number of aliphatic imine (C=N–C) groups is 1. The highest BCUT2D eigenvalue weighted by Gasteiger charge is 2.24. The highest BCUT2D eigenvalue weighted by Crippen LogP contribution is 2.18. The molecule has 0 saturated carbocycles. The maximum atomic E-state index is 5.37. The molecule has 0 fully saturated rings. The first-order chi connectivity index (χ1) is 5.14. The molecule has 0 atom stereocenters. The molecule has 0 bridgehead atoms. The van der Waals surface area contributed by atoms with Gasteiger partial charge < -0.3 is 4.74 Å². The highest BCUT2D eigenvalue weighted by molar-refractivity contribution is 5.79. The molecule has 0 aromatic carbocycles. The van der Waals surface area contributed by atoms with Gasteiger partial charge in [-0.25, -0.2) is 4.99 Å². The molecule has 62 valence electrons. The third-order valence-corrected chi connectivity index (χ3v) is 1.55. The van der Waals surface area contributed by atoms with Gasteiger partial charge in [-0.2, -0.15) is 0 Å². The maximum absolute atomic E-state index is 5.37. The first-order valence-corrected chi connectivity index (χ1v) is 3.97. The van der Waals surface area contributed by atoms with Crippen LogP contribution in [0.3, 0.4) is 0 Å². The molecule has 0 aromatic rings. The van der Waals surface area contributed by atoms with Crippen LogP contribution in [0.25, 0.3) is 0 Å². The van der Waals surface area contributed by atoms with E-state index in [4.69, 9.17) is 4.74 Å². The van der Waals surface area contributed by atoms with Gasteiger partial charge >= 0.3 is 0 Å². The van der Waals surface area contributed by atoms with E-state index in [0.717, 1.165) is 18.9 Å². The van der Waals surface area contributed by atoms with E-state index >= 15 is 0 Å². The van der Waals surface area contributed by atoms with Crippen molar-refractivity contribution in [1.29, 1.82) is 0 Å². The van der Waals surface area contributed by atoms with Crippen molar-refractivity contribution in [2.24, 2.45) is 4.99 Å². The third-order valence-electron chi connectivity index (χ3n) is 1.55. The van der Waals surface area contributed by atoms with E-state index in [9.17, 15) is 0 Å². The fourth-order valence-corrected chi connectivity index (χ4v) is 0.985. The Labute approximate surface area is 68.0 Å². The second-order valence-corrected chi connectivity index (χ2v) is 3.38. The fourth-order valence-electron chi connectivity index (χ4n) is 0.985. The Morgan fingerprint density at radius 1 is 1.64 bits per heavy atom. The standard InChI is InChI=1S/C9H15NO/c1-4-5-6-8-10-9(2,3)7-11-8/h4-5H,6-7H2,1-3H3/b5-4-. The summed E-state index contributed by atoms with van der Waals surface area (Å²) in [4.78, 5) is 4.40. The largest absolute Gasteiger partial charge is 0.478 e. The van der Waals surface area contributed by atoms with Crippen molar-refractivity contribution in [2.75, 3.05) is 6.61 Å². The average molecular weight is 153 g/mol. The van der Waals surface area contributed by atoms with E-state index in [0.29, 0.717) is 0 Å². The maximum Gasteiger partial charge on any atom is 0.187 e. The lowest BCUT2D eigenvalue weighted by molar-refractivity contribution is 0.275. The molecular weight excluding hydrogens is 138 g/mol. The highest BCUT2D eigenvalue weighted by atomic mass is 16.5. The Morgan fingerprint density at radius 3 is 2.82 bits per heavy atom. The Morgan fingerprint density at radius 2 is 2.36 bits per heavy atom. The van der Waals surface area contributed by atoms with E-state index in [2.05, 4.69) is 24.9 Å². The third kappa shape index (κ3) is 2.37. The summed E-state index contributed by atoms with van der Waals surface area (Å²) in [5.41, 5.74) is -0.00306. The molecule has 0 saturated heterocycles. The summed E-state index contributed by atoms with van der Waals surface area (Å²) in [7, 11) is 0. The molecule has 1 aliphatic rings. The predicted octanol–water partition coefficient (Wildman–Crippen LogP) is 2.16. The topological polar surface area (TPSA) is 21.6 Å². The van der Waals surface area contributed by atoms with Crippen LogP contribution in [0.15, 0.2) is 17.1 Å². The summed E-state index contributed by atoms with van der Waals surface area (Å²) < 4.78 is 5.37. The monoisotopic (exact) mass is 153 g/mol. The molecular formula is C9H15NO. The summed E-state index contributed by atoms with van der Waals surface area (Å²) in [5.74, 6) is 0.869. The van der Waals surface area contributed by atoms with Crippen molar-refractivity contribution in [2.45, 2.75) is 32.7 Å². The lowest BCUT2D eigenvalue weighted by atomic mass is 10.1. The van der Waals surface area contributed by atoms with Crippen molar-refractivity contribution < 1.29 is 4.74 Å². The SMILES string of the molecule is C/C=C\CC1=NC(C)(C)CO1. The quantitative estimate of drug-likeness (QED) is 0.557. The molecule has 0 spiro atoms. The van der Waals surface area contributed by atoms with E-state index < -0.39 is 0 Å². The van der Waals surface area contributed by atoms with Crippen LogP contribution < -0.4 is 0 Å². The summed E-state index contributed by atoms with van der Waals surface area (Å²) >= 11 is 0. The van der Waals surface area contributed by atoms with Crippen LogP contribution in [0.1, 0.15) is 27.2 Å². The second-order valence-electron chi connectivity index (χ2n) is 3.38. The first-order valence-electron chi connectivity index (χ1n) is 3.97. The molecule has 0 amide bonds. The number of ether oxygens (including phenoxy) is 1. The molecule has 2 heteroatoms. The molecule has 0 unspecified atom stereocenters. The molecule has 0 radical (unpaired) electrons. The zero-order valence-corrected chi connectivity index (χ0v) is 7.42. The lowest BCUT2D eigenvalue weighted by Gasteiger charge is -2.07. The number of rotatable bonds is 2. The van der Waals surface area contributed by atoms with E-state index in [1.807, 2.05) is 13.0 Å². The molecule has 1 rings (SSSR count). The van der Waals surface area contributed by atoms with Crippen molar-refractivity contribution in [3.63, 3.8) is 0 Å². The normalized spacial score (nSPS) is 21.9. The van der Waals surface area contributed by atoms with Gasteiger partial charge in [-0.3, -0.25) is 0 Å². The summed E-state index contributed by atoms with van der Waals surface area (Å²) in [6.45, 7) is 6.88. The molecule has 11 heavy (non-hydrogen) atoms. The second kappa shape index (κ2) is 3.07.